The van der Waals surface area contributed by atoms with Crippen LogP contribution < -0.4 is 9.47 Å². The van der Waals surface area contributed by atoms with Gasteiger partial charge >= 0.3 is 0 Å². The van der Waals surface area contributed by atoms with Crippen molar-refractivity contribution in [3.8, 4) is 11.5 Å². The smallest absolute Gasteiger partial charge is 0.213 e. The Morgan fingerprint density at radius 2 is 1.74 bits per heavy atom. The van der Waals surface area contributed by atoms with E-state index in [-0.39, 0.29) is 12.3 Å². The lowest BCUT2D eigenvalue weighted by molar-refractivity contribution is -0.0190. The SMILES string of the molecule is CCCCCCCOc1ccc([C@H]2Oc3ccc(Cl)cc3[C@H]3CC(c4ccc(C)cc4)=NN32)cc1. The van der Waals surface area contributed by atoms with Gasteiger partial charge in [-0.3, -0.25) is 0 Å². The maximum Gasteiger partial charge on any atom is 0.213 e. The van der Waals surface area contributed by atoms with E-state index >= 15 is 0 Å². The normalized spacial score (nSPS) is 18.5. The van der Waals surface area contributed by atoms with E-state index in [1.165, 1.54) is 31.2 Å². The summed E-state index contributed by atoms with van der Waals surface area (Å²) in [6.07, 6.45) is 6.68. The van der Waals surface area contributed by atoms with Crippen LogP contribution in [0.4, 0.5) is 0 Å². The highest BCUT2D eigenvalue weighted by Gasteiger charge is 2.41. The van der Waals surface area contributed by atoms with Crippen molar-refractivity contribution >= 4 is 17.3 Å². The van der Waals surface area contributed by atoms with Crippen LogP contribution in [0.15, 0.2) is 71.8 Å². The van der Waals surface area contributed by atoms with Gasteiger partial charge in [0.25, 0.3) is 0 Å². The highest BCUT2D eigenvalue weighted by atomic mass is 35.5. The molecular weight excluding hydrogens is 456 g/mol. The van der Waals surface area contributed by atoms with Crippen molar-refractivity contribution in [1.29, 1.82) is 0 Å². The molecule has 2 atom stereocenters. The quantitative estimate of drug-likeness (QED) is 0.284. The predicted molar refractivity (Wildman–Crippen MR) is 142 cm³/mol. The molecule has 5 heteroatoms. The van der Waals surface area contributed by atoms with E-state index in [0.29, 0.717) is 5.02 Å². The van der Waals surface area contributed by atoms with Crippen LogP contribution in [0.1, 0.15) is 80.0 Å². The van der Waals surface area contributed by atoms with E-state index in [4.69, 9.17) is 26.2 Å². The molecule has 0 saturated heterocycles. The summed E-state index contributed by atoms with van der Waals surface area (Å²) >= 11 is 6.36. The molecule has 182 valence electrons. The number of nitrogens with zero attached hydrogens (tertiary/aromatic N) is 2. The fourth-order valence-corrected chi connectivity index (χ4v) is 5.00. The van der Waals surface area contributed by atoms with Gasteiger partial charge in [0.15, 0.2) is 0 Å². The Hall–Kier alpha value is -2.98. The lowest BCUT2D eigenvalue weighted by Crippen LogP contribution is -2.33. The number of hydrogen-bond acceptors (Lipinski definition) is 4. The Balaban J connectivity index is 1.36. The minimum Gasteiger partial charge on any atom is -0.494 e. The summed E-state index contributed by atoms with van der Waals surface area (Å²) in [6, 6.07) is 22.8. The molecule has 4 nitrogen and oxygen atoms in total. The maximum absolute atomic E-state index is 6.49. The molecule has 0 amide bonds. The largest absolute Gasteiger partial charge is 0.494 e. The van der Waals surface area contributed by atoms with Crippen molar-refractivity contribution in [2.24, 2.45) is 5.10 Å². The number of rotatable bonds is 9. The van der Waals surface area contributed by atoms with Gasteiger partial charge in [0.2, 0.25) is 6.23 Å². The van der Waals surface area contributed by atoms with Crippen molar-refractivity contribution in [3.63, 3.8) is 0 Å². The minimum absolute atomic E-state index is 0.0813. The standard InChI is InChI=1S/C30H33ClN2O2/c1-3-4-5-6-7-18-34-25-15-12-23(13-16-25)30-33-28(26-19-24(31)14-17-29(26)35-30)20-27(32-33)22-10-8-21(2)9-11-22/h8-17,19,28,30H,3-7,18,20H2,1-2H3/t28-,30-/m1/s1. The molecule has 0 aromatic heterocycles. The minimum atomic E-state index is -0.306. The molecule has 0 N–H and O–H groups in total. The fourth-order valence-electron chi connectivity index (χ4n) is 4.82. The topological polar surface area (TPSA) is 34.1 Å². The molecule has 3 aromatic rings. The van der Waals surface area contributed by atoms with Crippen LogP contribution in [0.5, 0.6) is 11.5 Å². The molecule has 2 aliphatic heterocycles. The number of halogens is 1. The zero-order chi connectivity index (χ0) is 24.2. The van der Waals surface area contributed by atoms with E-state index in [1.54, 1.807) is 0 Å². The third-order valence-electron chi connectivity index (χ3n) is 6.82. The first kappa shape index (κ1) is 23.7. The average molecular weight is 489 g/mol. The van der Waals surface area contributed by atoms with E-state index in [0.717, 1.165) is 53.3 Å². The highest BCUT2D eigenvalue weighted by Crippen LogP contribution is 2.48. The van der Waals surface area contributed by atoms with Crippen molar-refractivity contribution < 1.29 is 9.47 Å². The molecule has 0 unspecified atom stereocenters. The Bertz CT molecular complexity index is 1170. The zero-order valence-electron chi connectivity index (χ0n) is 20.5. The molecule has 0 fully saturated rings. The molecule has 5 rings (SSSR count). The maximum atomic E-state index is 6.49. The molecule has 0 aliphatic carbocycles. The summed E-state index contributed by atoms with van der Waals surface area (Å²) in [7, 11) is 0. The second-order valence-corrected chi connectivity index (χ2v) is 9.93. The number of ether oxygens (including phenoxy) is 2. The summed E-state index contributed by atoms with van der Waals surface area (Å²) < 4.78 is 12.5. The Morgan fingerprint density at radius 3 is 2.51 bits per heavy atom. The van der Waals surface area contributed by atoms with E-state index in [1.807, 2.05) is 30.3 Å². The molecule has 0 spiro atoms. The van der Waals surface area contributed by atoms with E-state index in [2.05, 4.69) is 55.3 Å². The van der Waals surface area contributed by atoms with Gasteiger partial charge in [0, 0.05) is 22.6 Å². The zero-order valence-corrected chi connectivity index (χ0v) is 21.3. The van der Waals surface area contributed by atoms with Crippen LogP contribution in [-0.2, 0) is 0 Å². The molecule has 0 radical (unpaired) electrons. The fraction of sp³-hybridized carbons (Fsp3) is 0.367. The Kier molecular flexibility index (Phi) is 7.29. The van der Waals surface area contributed by atoms with Crippen molar-refractivity contribution in [1.82, 2.24) is 5.01 Å². The number of unbranched alkanes of at least 4 members (excludes halogenated alkanes) is 4. The van der Waals surface area contributed by atoms with Gasteiger partial charge in [0.05, 0.1) is 18.4 Å². The predicted octanol–water partition coefficient (Wildman–Crippen LogP) is 8.24. The van der Waals surface area contributed by atoms with Gasteiger partial charge in [-0.1, -0.05) is 74.0 Å². The first-order valence-corrected chi connectivity index (χ1v) is 13.1. The summed E-state index contributed by atoms with van der Waals surface area (Å²) in [5.74, 6) is 1.77. The molecule has 0 saturated carbocycles. The average Bonchev–Trinajstić information content (AvgIpc) is 3.32. The van der Waals surface area contributed by atoms with Gasteiger partial charge in [0.1, 0.15) is 11.5 Å². The molecule has 2 aliphatic rings. The summed E-state index contributed by atoms with van der Waals surface area (Å²) in [5, 5.41) is 7.86. The first-order chi connectivity index (χ1) is 17.1. The van der Waals surface area contributed by atoms with Crippen LogP contribution in [0.25, 0.3) is 0 Å². The van der Waals surface area contributed by atoms with Crippen molar-refractivity contribution in [3.05, 3.63) is 94.0 Å². The summed E-state index contributed by atoms with van der Waals surface area (Å²) in [5.41, 5.74) is 5.60. The lowest BCUT2D eigenvalue weighted by atomic mass is 9.95. The molecular formula is C30H33ClN2O2. The number of fused-ring (bicyclic) bond motifs is 3. The summed E-state index contributed by atoms with van der Waals surface area (Å²) in [6.45, 7) is 5.10. The molecule has 3 aromatic carbocycles. The second-order valence-electron chi connectivity index (χ2n) is 9.50. The van der Waals surface area contributed by atoms with Gasteiger partial charge in [-0.15, -0.1) is 0 Å². The monoisotopic (exact) mass is 488 g/mol. The molecule has 0 bridgehead atoms. The molecule has 2 heterocycles. The molecule has 35 heavy (non-hydrogen) atoms. The Morgan fingerprint density at radius 1 is 0.971 bits per heavy atom. The van der Waals surface area contributed by atoms with Crippen molar-refractivity contribution in [2.75, 3.05) is 6.61 Å². The third-order valence-corrected chi connectivity index (χ3v) is 7.05. The van der Waals surface area contributed by atoms with E-state index < -0.39 is 0 Å². The van der Waals surface area contributed by atoms with Crippen LogP contribution in [0.2, 0.25) is 5.02 Å². The second kappa shape index (κ2) is 10.7. The highest BCUT2D eigenvalue weighted by molar-refractivity contribution is 6.30. The van der Waals surface area contributed by atoms with Crippen molar-refractivity contribution in [2.45, 2.75) is 64.6 Å². The van der Waals surface area contributed by atoms with Crippen LogP contribution in [0.3, 0.4) is 0 Å². The third kappa shape index (κ3) is 5.33. The number of aryl methyl sites for hydroxylation is 1. The lowest BCUT2D eigenvalue weighted by Gasteiger charge is -2.38. The van der Waals surface area contributed by atoms with Crippen LogP contribution >= 0.6 is 11.6 Å². The van der Waals surface area contributed by atoms with Gasteiger partial charge < -0.3 is 9.47 Å². The van der Waals surface area contributed by atoms with Gasteiger partial charge in [-0.25, -0.2) is 5.01 Å². The van der Waals surface area contributed by atoms with Crippen LogP contribution in [0, 0.1) is 6.92 Å². The van der Waals surface area contributed by atoms with Gasteiger partial charge in [-0.2, -0.15) is 5.10 Å². The first-order valence-electron chi connectivity index (χ1n) is 12.7. The van der Waals surface area contributed by atoms with Gasteiger partial charge in [-0.05, 0) is 61.4 Å². The number of hydrogen-bond donors (Lipinski definition) is 0. The summed E-state index contributed by atoms with van der Waals surface area (Å²) in [4.78, 5) is 0. The number of benzene rings is 3. The number of hydrazone groups is 1. The van der Waals surface area contributed by atoms with E-state index in [9.17, 15) is 0 Å². The Labute approximate surface area is 213 Å². The van der Waals surface area contributed by atoms with Crippen LogP contribution in [-0.4, -0.2) is 17.3 Å².